The van der Waals surface area contributed by atoms with Crippen LogP contribution in [0.15, 0.2) is 54.6 Å². The maximum atomic E-state index is 13.4. The average Bonchev–Trinajstić information content (AvgIpc) is 3.60. The Kier molecular flexibility index (Phi) is 7.72. The zero-order valence-electron chi connectivity index (χ0n) is 24.8. The number of piperidine rings is 1. The van der Waals surface area contributed by atoms with Crippen LogP contribution >= 0.6 is 0 Å². The van der Waals surface area contributed by atoms with Gasteiger partial charge in [0.25, 0.3) is 0 Å². The van der Waals surface area contributed by atoms with Crippen molar-refractivity contribution in [2.75, 3.05) is 16.8 Å². The van der Waals surface area contributed by atoms with Gasteiger partial charge in [0.15, 0.2) is 23.5 Å². The number of alkyl halides is 3. The summed E-state index contributed by atoms with van der Waals surface area (Å²) in [6.07, 6.45) is 0.574. The van der Waals surface area contributed by atoms with E-state index in [0.29, 0.717) is 40.2 Å². The summed E-state index contributed by atoms with van der Waals surface area (Å²) in [6, 6.07) is 15.7. The number of amides is 1. The second kappa shape index (κ2) is 11.8. The summed E-state index contributed by atoms with van der Waals surface area (Å²) in [5.41, 5.74) is 4.88. The number of hydrogen-bond donors (Lipinski definition) is 3. The van der Waals surface area contributed by atoms with Crippen molar-refractivity contribution in [3.63, 3.8) is 0 Å². The number of nitrogens with one attached hydrogen (secondary N) is 3. The molecule has 2 unspecified atom stereocenters. The fourth-order valence-electron chi connectivity index (χ4n) is 6.49. The van der Waals surface area contributed by atoms with Crippen LogP contribution in [0.2, 0.25) is 0 Å². The summed E-state index contributed by atoms with van der Waals surface area (Å²) < 4.78 is 42.2. The van der Waals surface area contributed by atoms with E-state index in [9.17, 15) is 18.0 Å². The van der Waals surface area contributed by atoms with Gasteiger partial charge in [-0.3, -0.25) is 5.32 Å². The molecule has 7 rings (SSSR count). The second-order valence-electron chi connectivity index (χ2n) is 12.1. The van der Waals surface area contributed by atoms with Crippen molar-refractivity contribution in [1.82, 2.24) is 30.3 Å². The van der Waals surface area contributed by atoms with E-state index in [2.05, 4.69) is 40.1 Å². The van der Waals surface area contributed by atoms with Gasteiger partial charge in [0.05, 0.1) is 18.2 Å². The lowest BCUT2D eigenvalue weighted by Crippen LogP contribution is -2.35. The standard InChI is InChI=1S/C32H35F3N8O2/c1-19(21-10-7-11-21)36-26-25-27(38-28(37-26)29-40-31(44)45-41-29)39-30(42-17-6-5-12-24(42)22-8-3-2-4-9-22)43(25)18-20-13-15-23(16-14-20)32(33,34)35/h2-4,8-9,13-16,19,21,24,29,41H,5-7,10-12,17-18H2,1H3,(H,40,44)(H,36,37,38)/t19-,24?,29?/m1/s1. The third-order valence-electron chi connectivity index (χ3n) is 9.18. The van der Waals surface area contributed by atoms with Crippen LogP contribution in [0, 0.1) is 5.92 Å². The van der Waals surface area contributed by atoms with E-state index in [1.165, 1.54) is 24.1 Å². The van der Waals surface area contributed by atoms with Crippen LogP contribution in [0.25, 0.3) is 11.2 Å². The maximum absolute atomic E-state index is 13.4. The summed E-state index contributed by atoms with van der Waals surface area (Å²) in [4.78, 5) is 33.8. The molecule has 3 atom stereocenters. The summed E-state index contributed by atoms with van der Waals surface area (Å²) in [6.45, 7) is 3.15. The van der Waals surface area contributed by atoms with Crippen LogP contribution in [0.4, 0.5) is 29.7 Å². The van der Waals surface area contributed by atoms with Crippen LogP contribution in [0.3, 0.4) is 0 Å². The summed E-state index contributed by atoms with van der Waals surface area (Å²) >= 11 is 0. The zero-order valence-corrected chi connectivity index (χ0v) is 24.8. The van der Waals surface area contributed by atoms with Crippen molar-refractivity contribution in [3.05, 3.63) is 77.1 Å². The van der Waals surface area contributed by atoms with Crippen molar-refractivity contribution < 1.29 is 22.8 Å². The molecular weight excluding hydrogens is 585 g/mol. The number of halogens is 3. The van der Waals surface area contributed by atoms with Gasteiger partial charge in [-0.25, -0.2) is 14.8 Å². The highest BCUT2D eigenvalue weighted by Gasteiger charge is 2.34. The Morgan fingerprint density at radius 1 is 1.00 bits per heavy atom. The van der Waals surface area contributed by atoms with Crippen LogP contribution in [-0.2, 0) is 17.6 Å². The molecule has 4 aromatic rings. The number of aromatic nitrogens is 4. The monoisotopic (exact) mass is 620 g/mol. The molecule has 3 fully saturated rings. The fourth-order valence-corrected chi connectivity index (χ4v) is 6.49. The normalized spacial score (nSPS) is 21.3. The Bertz CT molecular complexity index is 1670. The Morgan fingerprint density at radius 3 is 2.44 bits per heavy atom. The number of hydroxylamine groups is 1. The van der Waals surface area contributed by atoms with Crippen molar-refractivity contribution >= 4 is 29.0 Å². The molecule has 1 amide bonds. The minimum atomic E-state index is -4.42. The number of rotatable bonds is 8. The quantitative estimate of drug-likeness (QED) is 0.206. The van der Waals surface area contributed by atoms with Crippen LogP contribution < -0.4 is 21.0 Å². The predicted molar refractivity (Wildman–Crippen MR) is 162 cm³/mol. The first-order valence-electron chi connectivity index (χ1n) is 15.5. The molecule has 0 spiro atoms. The molecule has 0 radical (unpaired) electrons. The van der Waals surface area contributed by atoms with Gasteiger partial charge in [-0.2, -0.15) is 18.2 Å². The first-order valence-corrected chi connectivity index (χ1v) is 15.5. The number of imidazole rings is 1. The van der Waals surface area contributed by atoms with Crippen molar-refractivity contribution in [2.45, 2.75) is 76.4 Å². The fraction of sp³-hybridized carbons (Fsp3) is 0.438. The van der Waals surface area contributed by atoms with Crippen molar-refractivity contribution in [3.8, 4) is 0 Å². The van der Waals surface area contributed by atoms with Gasteiger partial charge in [0.2, 0.25) is 5.95 Å². The van der Waals surface area contributed by atoms with Crippen LogP contribution in [0.5, 0.6) is 0 Å². The molecular formula is C32H35F3N8O2. The van der Waals surface area contributed by atoms with Gasteiger partial charge in [-0.05, 0) is 68.2 Å². The molecule has 3 N–H and O–H groups in total. The Balaban J connectivity index is 1.38. The molecule has 13 heteroatoms. The van der Waals surface area contributed by atoms with Gasteiger partial charge in [0, 0.05) is 12.6 Å². The van der Waals surface area contributed by atoms with Gasteiger partial charge in [-0.15, -0.1) is 5.48 Å². The topological polar surface area (TPSA) is 109 Å². The summed E-state index contributed by atoms with van der Waals surface area (Å²) in [5, 5.41) is 6.28. The Labute approximate surface area is 258 Å². The molecule has 4 heterocycles. The molecule has 236 valence electrons. The molecule has 1 saturated carbocycles. The van der Waals surface area contributed by atoms with E-state index >= 15 is 0 Å². The lowest BCUT2D eigenvalue weighted by atomic mass is 9.80. The first-order chi connectivity index (χ1) is 21.7. The van der Waals surface area contributed by atoms with E-state index in [-0.39, 0.29) is 18.6 Å². The van der Waals surface area contributed by atoms with E-state index < -0.39 is 24.0 Å². The zero-order chi connectivity index (χ0) is 31.1. The number of carbonyl (C=O) groups excluding carboxylic acids is 1. The largest absolute Gasteiger partial charge is 0.427 e. The van der Waals surface area contributed by atoms with E-state index in [4.69, 9.17) is 19.8 Å². The first kappa shape index (κ1) is 29.3. The molecule has 3 aliphatic rings. The van der Waals surface area contributed by atoms with Crippen molar-refractivity contribution in [1.29, 1.82) is 0 Å². The third-order valence-corrected chi connectivity index (χ3v) is 9.18. The minimum absolute atomic E-state index is 0.0602. The number of anilines is 2. The molecule has 2 saturated heterocycles. The van der Waals surface area contributed by atoms with Gasteiger partial charge in [-0.1, -0.05) is 48.9 Å². The highest BCUT2D eigenvalue weighted by molar-refractivity contribution is 5.86. The molecule has 2 aromatic carbocycles. The number of benzene rings is 2. The molecule has 0 bridgehead atoms. The van der Waals surface area contributed by atoms with Gasteiger partial charge < -0.3 is 19.6 Å². The molecule has 2 aliphatic heterocycles. The van der Waals surface area contributed by atoms with Gasteiger partial charge >= 0.3 is 12.3 Å². The highest BCUT2D eigenvalue weighted by atomic mass is 19.4. The van der Waals surface area contributed by atoms with E-state index in [1.54, 1.807) is 0 Å². The Hall–Kier alpha value is -4.39. The lowest BCUT2D eigenvalue weighted by molar-refractivity contribution is -0.137. The smallest absolute Gasteiger partial charge is 0.365 e. The highest BCUT2D eigenvalue weighted by Crippen LogP contribution is 2.39. The molecule has 10 nitrogen and oxygen atoms in total. The second-order valence-corrected chi connectivity index (χ2v) is 12.1. The average molecular weight is 621 g/mol. The molecule has 1 aliphatic carbocycles. The number of nitrogens with zero attached hydrogens (tertiary/aromatic N) is 5. The molecule has 2 aromatic heterocycles. The summed E-state index contributed by atoms with van der Waals surface area (Å²) in [7, 11) is 0. The van der Waals surface area contributed by atoms with E-state index in [0.717, 1.165) is 50.8 Å². The minimum Gasteiger partial charge on any atom is -0.365 e. The predicted octanol–water partition coefficient (Wildman–Crippen LogP) is 6.47. The van der Waals surface area contributed by atoms with Crippen molar-refractivity contribution in [2.24, 2.45) is 5.92 Å². The molecule has 45 heavy (non-hydrogen) atoms. The Morgan fingerprint density at radius 2 is 1.78 bits per heavy atom. The van der Waals surface area contributed by atoms with Crippen LogP contribution in [-0.4, -0.2) is 38.2 Å². The number of hydrogen-bond acceptors (Lipinski definition) is 8. The number of fused-ring (bicyclic) bond motifs is 1. The van der Waals surface area contributed by atoms with Gasteiger partial charge in [0.1, 0.15) is 5.52 Å². The maximum Gasteiger partial charge on any atom is 0.427 e. The number of carbonyl (C=O) groups is 1. The van der Waals surface area contributed by atoms with E-state index in [1.807, 2.05) is 22.8 Å². The summed E-state index contributed by atoms with van der Waals surface area (Å²) in [5.74, 6) is 2.00. The SMILES string of the molecule is C[C@@H](Nc1nc(C2NOC(=O)N2)nc2nc(N3CCCCC3c3ccccc3)n(Cc3ccc(C(F)(F)F)cc3)c12)C1CCC1. The van der Waals surface area contributed by atoms with Crippen LogP contribution in [0.1, 0.15) is 80.2 Å². The lowest BCUT2D eigenvalue weighted by Gasteiger charge is -2.37. The third kappa shape index (κ3) is 5.88.